The summed E-state index contributed by atoms with van der Waals surface area (Å²) in [6.45, 7) is 4.73. The van der Waals surface area contributed by atoms with Crippen molar-refractivity contribution in [2.45, 2.75) is 33.6 Å². The third-order valence-corrected chi connectivity index (χ3v) is 2.71. The Kier molecular flexibility index (Phi) is 5.95. The van der Waals surface area contributed by atoms with Crippen LogP contribution in [-0.4, -0.2) is 22.2 Å². The molecule has 0 aromatic heterocycles. The topological polar surface area (TPSA) is 127 Å². The van der Waals surface area contributed by atoms with Crippen molar-refractivity contribution in [1.82, 2.24) is 0 Å². The van der Waals surface area contributed by atoms with E-state index in [1.165, 1.54) is 13.8 Å². The molecule has 1 unspecified atom stereocenters. The summed E-state index contributed by atoms with van der Waals surface area (Å²) in [6.07, 6.45) is 0.579. The van der Waals surface area contributed by atoms with E-state index in [0.717, 1.165) is 0 Å². The Balaban J connectivity index is 4.85. The fourth-order valence-electron chi connectivity index (χ4n) is 1.75. The fraction of sp³-hybridized carbons (Fsp3) is 0.500. The molecular weight excluding hydrogens is 236 g/mol. The van der Waals surface area contributed by atoms with Crippen molar-refractivity contribution in [3.05, 3.63) is 22.5 Å². The van der Waals surface area contributed by atoms with E-state index in [4.69, 9.17) is 21.7 Å². The Morgan fingerprint density at radius 3 is 1.83 bits per heavy atom. The molecule has 0 amide bonds. The van der Waals surface area contributed by atoms with Crippen LogP contribution in [0.15, 0.2) is 22.5 Å². The minimum atomic E-state index is -1.08. The molecule has 0 saturated heterocycles. The second-order valence-electron chi connectivity index (χ2n) is 4.31. The number of nitrogens with two attached hydrogens (primary N) is 2. The van der Waals surface area contributed by atoms with Crippen LogP contribution in [0.5, 0.6) is 0 Å². The smallest absolute Gasteiger partial charge is 0.333 e. The number of hydrogen-bond donors (Lipinski definition) is 4. The quantitative estimate of drug-likeness (QED) is 0.526. The highest BCUT2D eigenvalue weighted by molar-refractivity contribution is 5.88. The van der Waals surface area contributed by atoms with E-state index in [-0.39, 0.29) is 34.9 Å². The minimum Gasteiger partial charge on any atom is -0.478 e. The molecule has 0 aliphatic heterocycles. The molecule has 0 aliphatic rings. The zero-order valence-electron chi connectivity index (χ0n) is 10.9. The van der Waals surface area contributed by atoms with Gasteiger partial charge in [-0.25, -0.2) is 9.59 Å². The summed E-state index contributed by atoms with van der Waals surface area (Å²) in [6, 6.07) is 0. The van der Waals surface area contributed by atoms with Crippen LogP contribution in [0.25, 0.3) is 0 Å². The largest absolute Gasteiger partial charge is 0.478 e. The Morgan fingerprint density at radius 1 is 1.06 bits per heavy atom. The molecule has 0 bridgehead atoms. The van der Waals surface area contributed by atoms with Crippen molar-refractivity contribution in [3.8, 4) is 0 Å². The molecule has 0 saturated carbocycles. The van der Waals surface area contributed by atoms with Crippen molar-refractivity contribution in [2.24, 2.45) is 17.4 Å². The van der Waals surface area contributed by atoms with Gasteiger partial charge in [-0.2, -0.15) is 0 Å². The summed E-state index contributed by atoms with van der Waals surface area (Å²) >= 11 is 0. The number of rotatable bonds is 6. The zero-order valence-corrected chi connectivity index (χ0v) is 10.9. The van der Waals surface area contributed by atoms with E-state index < -0.39 is 11.9 Å². The Morgan fingerprint density at radius 2 is 1.56 bits per heavy atom. The van der Waals surface area contributed by atoms with Gasteiger partial charge in [0.1, 0.15) is 0 Å². The highest BCUT2D eigenvalue weighted by Crippen LogP contribution is 2.22. The third kappa shape index (κ3) is 4.48. The molecule has 0 fully saturated rings. The molecule has 0 rings (SSSR count). The molecule has 0 aromatic rings. The van der Waals surface area contributed by atoms with Gasteiger partial charge in [0.2, 0.25) is 0 Å². The van der Waals surface area contributed by atoms with Crippen molar-refractivity contribution >= 4 is 11.9 Å². The van der Waals surface area contributed by atoms with Gasteiger partial charge >= 0.3 is 11.9 Å². The first-order chi connectivity index (χ1) is 8.18. The van der Waals surface area contributed by atoms with E-state index >= 15 is 0 Å². The van der Waals surface area contributed by atoms with Gasteiger partial charge in [0, 0.05) is 11.4 Å². The van der Waals surface area contributed by atoms with Crippen LogP contribution in [-0.2, 0) is 9.59 Å². The molecule has 18 heavy (non-hydrogen) atoms. The summed E-state index contributed by atoms with van der Waals surface area (Å²) in [5, 5.41) is 17.9. The van der Waals surface area contributed by atoms with Gasteiger partial charge in [0.15, 0.2) is 0 Å². The normalized spacial score (nSPS) is 15.5. The first kappa shape index (κ1) is 16.0. The van der Waals surface area contributed by atoms with Crippen LogP contribution >= 0.6 is 0 Å². The number of hydrogen-bond acceptors (Lipinski definition) is 4. The SMILES string of the molecule is C/C(N)=C(/CCC(C)/C(C(=O)O)=C(/C)N)C(=O)O. The number of aliphatic carboxylic acids is 2. The predicted molar refractivity (Wildman–Crippen MR) is 67.4 cm³/mol. The summed E-state index contributed by atoms with van der Waals surface area (Å²) in [7, 11) is 0. The molecule has 1 atom stereocenters. The molecule has 0 heterocycles. The molecule has 102 valence electrons. The Bertz CT molecular complexity index is 402. The third-order valence-electron chi connectivity index (χ3n) is 2.71. The molecule has 6 N–H and O–H groups in total. The minimum absolute atomic E-state index is 0.112. The second-order valence-corrected chi connectivity index (χ2v) is 4.31. The van der Waals surface area contributed by atoms with Crippen molar-refractivity contribution in [1.29, 1.82) is 0 Å². The van der Waals surface area contributed by atoms with E-state index in [0.29, 0.717) is 6.42 Å². The summed E-state index contributed by atoms with van der Waals surface area (Å²) in [5.41, 5.74) is 11.7. The molecule has 0 aliphatic carbocycles. The fourth-order valence-corrected chi connectivity index (χ4v) is 1.75. The van der Waals surface area contributed by atoms with Gasteiger partial charge in [0.05, 0.1) is 11.1 Å². The second kappa shape index (κ2) is 6.68. The van der Waals surface area contributed by atoms with Gasteiger partial charge in [0.25, 0.3) is 0 Å². The van der Waals surface area contributed by atoms with E-state index in [2.05, 4.69) is 0 Å². The summed E-state index contributed by atoms with van der Waals surface area (Å²) in [4.78, 5) is 21.9. The highest BCUT2D eigenvalue weighted by atomic mass is 16.4. The Labute approximate surface area is 106 Å². The van der Waals surface area contributed by atoms with Crippen molar-refractivity contribution in [3.63, 3.8) is 0 Å². The lowest BCUT2D eigenvalue weighted by molar-refractivity contribution is -0.133. The standard InChI is InChI=1S/C12H20N2O4/c1-6(10(8(3)14)12(17)18)4-5-9(7(2)13)11(15)16/h6H,4-5,13-14H2,1-3H3,(H,15,16)(H,17,18)/b9-7+,10-8+. The molecule has 0 aromatic carbocycles. The van der Waals surface area contributed by atoms with Crippen molar-refractivity contribution < 1.29 is 19.8 Å². The van der Waals surface area contributed by atoms with E-state index in [1.807, 2.05) is 0 Å². The number of carboxylic acid groups (broad SMARTS) is 2. The summed E-state index contributed by atoms with van der Waals surface area (Å²) < 4.78 is 0. The van der Waals surface area contributed by atoms with E-state index in [9.17, 15) is 9.59 Å². The molecule has 6 nitrogen and oxygen atoms in total. The lowest BCUT2D eigenvalue weighted by Gasteiger charge is -2.14. The highest BCUT2D eigenvalue weighted by Gasteiger charge is 2.20. The zero-order chi connectivity index (χ0) is 14.5. The van der Waals surface area contributed by atoms with Crippen LogP contribution in [0.3, 0.4) is 0 Å². The van der Waals surface area contributed by atoms with E-state index in [1.54, 1.807) is 6.92 Å². The predicted octanol–water partition coefficient (Wildman–Crippen LogP) is 1.04. The molecule has 6 heteroatoms. The molecule has 0 spiro atoms. The average molecular weight is 256 g/mol. The van der Waals surface area contributed by atoms with Crippen LogP contribution in [0.4, 0.5) is 0 Å². The molecule has 0 radical (unpaired) electrons. The van der Waals surface area contributed by atoms with Crippen LogP contribution < -0.4 is 11.5 Å². The average Bonchev–Trinajstić information content (AvgIpc) is 2.14. The lowest BCUT2D eigenvalue weighted by atomic mass is 9.92. The van der Waals surface area contributed by atoms with Crippen LogP contribution in [0.2, 0.25) is 0 Å². The molecular formula is C12H20N2O4. The maximum Gasteiger partial charge on any atom is 0.333 e. The van der Waals surface area contributed by atoms with Gasteiger partial charge in [-0.15, -0.1) is 0 Å². The number of carbonyl (C=O) groups is 2. The maximum atomic E-state index is 11.0. The monoisotopic (exact) mass is 256 g/mol. The first-order valence-corrected chi connectivity index (χ1v) is 5.56. The van der Waals surface area contributed by atoms with Gasteiger partial charge in [-0.1, -0.05) is 6.92 Å². The number of carboxylic acids is 2. The van der Waals surface area contributed by atoms with Gasteiger partial charge < -0.3 is 21.7 Å². The van der Waals surface area contributed by atoms with Crippen molar-refractivity contribution in [2.75, 3.05) is 0 Å². The first-order valence-electron chi connectivity index (χ1n) is 5.56. The van der Waals surface area contributed by atoms with Gasteiger partial charge in [-0.05, 0) is 32.6 Å². The van der Waals surface area contributed by atoms with Gasteiger partial charge in [-0.3, -0.25) is 0 Å². The maximum absolute atomic E-state index is 11.0. The lowest BCUT2D eigenvalue weighted by Crippen LogP contribution is -2.17. The summed E-state index contributed by atoms with van der Waals surface area (Å²) in [5.74, 6) is -2.48. The Hall–Kier alpha value is -1.98. The van der Waals surface area contributed by atoms with Crippen LogP contribution in [0, 0.1) is 5.92 Å². The number of allylic oxidation sites excluding steroid dienone is 2. The van der Waals surface area contributed by atoms with Crippen LogP contribution in [0.1, 0.15) is 33.6 Å².